The molecular weight excluding hydrogens is 264 g/mol. The van der Waals surface area contributed by atoms with Crippen molar-refractivity contribution in [1.82, 2.24) is 14.3 Å². The van der Waals surface area contributed by atoms with Crippen LogP contribution in [0.5, 0.6) is 0 Å². The molecule has 0 bridgehead atoms. The van der Waals surface area contributed by atoms with Crippen molar-refractivity contribution in [3.8, 4) is 0 Å². The van der Waals surface area contributed by atoms with E-state index in [0.717, 1.165) is 24.5 Å². The van der Waals surface area contributed by atoms with Gasteiger partial charge in [-0.05, 0) is 40.0 Å². The summed E-state index contributed by atoms with van der Waals surface area (Å²) in [4.78, 5) is 21.3. The van der Waals surface area contributed by atoms with Crippen molar-refractivity contribution in [3.63, 3.8) is 0 Å². The number of pyridine rings is 1. The van der Waals surface area contributed by atoms with Gasteiger partial charge in [0, 0.05) is 43.1 Å². The predicted molar refractivity (Wildman–Crippen MR) is 85.1 cm³/mol. The average molecular weight is 286 g/mol. The van der Waals surface area contributed by atoms with Gasteiger partial charge in [0.2, 0.25) is 0 Å². The number of aryl methyl sites for hydroxylation is 1. The number of nitrogens with zero attached hydrogens (tertiary/aromatic N) is 4. The number of fused-ring (bicyclic) bond motifs is 1. The summed E-state index contributed by atoms with van der Waals surface area (Å²) >= 11 is 0. The van der Waals surface area contributed by atoms with Crippen LogP contribution in [-0.2, 0) is 0 Å². The maximum absolute atomic E-state index is 12.1. The van der Waals surface area contributed by atoms with Gasteiger partial charge in [0.1, 0.15) is 5.65 Å². The molecule has 3 rings (SSSR count). The Kier molecular flexibility index (Phi) is 3.45. The Labute approximate surface area is 124 Å². The first-order chi connectivity index (χ1) is 9.95. The number of aromatic nitrogens is 2. The Morgan fingerprint density at radius 2 is 1.86 bits per heavy atom. The largest absolute Gasteiger partial charge is 0.367 e. The lowest BCUT2D eigenvalue weighted by atomic mass is 10.1. The van der Waals surface area contributed by atoms with Gasteiger partial charge in [0.05, 0.1) is 5.69 Å². The van der Waals surface area contributed by atoms with Crippen molar-refractivity contribution in [2.24, 2.45) is 0 Å². The molecule has 1 aliphatic heterocycles. The Morgan fingerprint density at radius 1 is 1.19 bits per heavy atom. The second kappa shape index (κ2) is 5.15. The van der Waals surface area contributed by atoms with Gasteiger partial charge in [-0.25, -0.2) is 4.98 Å². The predicted octanol–water partition coefficient (Wildman–Crippen LogP) is 1.53. The molecule has 0 saturated carbocycles. The third-order valence-corrected chi connectivity index (χ3v) is 4.50. The lowest BCUT2D eigenvalue weighted by Gasteiger charge is -2.43. The molecule has 1 aliphatic rings. The Hall–Kier alpha value is -1.88. The molecule has 3 heterocycles. The van der Waals surface area contributed by atoms with Gasteiger partial charge in [-0.15, -0.1) is 0 Å². The standard InChI is InChI=1S/C16H22N4O/c1-11-7-16(21)20-10-14(5-6-15(20)17-11)19-8-12(2)18(4)13(3)9-19/h5-7,10,12-13H,8-9H2,1-4H3/t12-,13+. The van der Waals surface area contributed by atoms with Gasteiger partial charge in [-0.2, -0.15) is 0 Å². The molecule has 2 atom stereocenters. The summed E-state index contributed by atoms with van der Waals surface area (Å²) in [5.74, 6) is 0. The normalized spacial score (nSPS) is 23.7. The fraction of sp³-hybridized carbons (Fsp3) is 0.500. The Bertz CT molecular complexity index is 712. The summed E-state index contributed by atoms with van der Waals surface area (Å²) in [5, 5.41) is 0. The molecule has 2 aromatic rings. The SMILES string of the molecule is Cc1cc(=O)n2cc(N3C[C@@H](C)N(C)[C@@H](C)C3)ccc2n1. The highest BCUT2D eigenvalue weighted by Crippen LogP contribution is 2.21. The van der Waals surface area contributed by atoms with Gasteiger partial charge < -0.3 is 4.90 Å². The van der Waals surface area contributed by atoms with Crippen LogP contribution < -0.4 is 10.5 Å². The van der Waals surface area contributed by atoms with Crippen LogP contribution >= 0.6 is 0 Å². The van der Waals surface area contributed by atoms with E-state index in [-0.39, 0.29) is 5.56 Å². The molecule has 1 saturated heterocycles. The van der Waals surface area contributed by atoms with Crippen LogP contribution in [0.4, 0.5) is 5.69 Å². The highest BCUT2D eigenvalue weighted by molar-refractivity contribution is 5.52. The van der Waals surface area contributed by atoms with Gasteiger partial charge in [0.25, 0.3) is 5.56 Å². The molecule has 112 valence electrons. The molecule has 0 unspecified atom stereocenters. The summed E-state index contributed by atoms with van der Waals surface area (Å²) < 4.78 is 1.63. The molecule has 0 radical (unpaired) electrons. The summed E-state index contributed by atoms with van der Waals surface area (Å²) in [6.45, 7) is 8.27. The second-order valence-electron chi connectivity index (χ2n) is 6.12. The van der Waals surface area contributed by atoms with Gasteiger partial charge >= 0.3 is 0 Å². The summed E-state index contributed by atoms with van der Waals surface area (Å²) in [5.41, 5.74) is 2.53. The van der Waals surface area contributed by atoms with E-state index < -0.39 is 0 Å². The van der Waals surface area contributed by atoms with Crippen LogP contribution in [0.15, 0.2) is 29.2 Å². The van der Waals surface area contributed by atoms with Crippen LogP contribution in [0.2, 0.25) is 0 Å². The zero-order valence-electron chi connectivity index (χ0n) is 13.1. The highest BCUT2D eigenvalue weighted by Gasteiger charge is 2.26. The van der Waals surface area contributed by atoms with E-state index in [1.807, 2.05) is 19.2 Å². The zero-order valence-corrected chi connectivity index (χ0v) is 13.1. The summed E-state index contributed by atoms with van der Waals surface area (Å²) in [6, 6.07) is 6.56. The first-order valence-corrected chi connectivity index (χ1v) is 7.42. The number of hydrogen-bond donors (Lipinski definition) is 0. The number of hydrogen-bond acceptors (Lipinski definition) is 4. The number of likely N-dealkylation sites (N-methyl/N-ethyl adjacent to an activating group) is 1. The molecular formula is C16H22N4O. The van der Waals surface area contributed by atoms with Gasteiger partial charge in [-0.3, -0.25) is 14.1 Å². The molecule has 5 heteroatoms. The molecule has 0 N–H and O–H groups in total. The van der Waals surface area contributed by atoms with E-state index in [9.17, 15) is 4.79 Å². The zero-order chi connectivity index (χ0) is 15.1. The maximum Gasteiger partial charge on any atom is 0.258 e. The lowest BCUT2D eigenvalue weighted by Crippen LogP contribution is -2.55. The van der Waals surface area contributed by atoms with Crippen LogP contribution in [0.3, 0.4) is 0 Å². The quantitative estimate of drug-likeness (QED) is 0.797. The molecule has 0 amide bonds. The summed E-state index contributed by atoms with van der Waals surface area (Å²) in [7, 11) is 2.17. The minimum atomic E-state index is -0.0189. The van der Waals surface area contributed by atoms with E-state index in [4.69, 9.17) is 0 Å². The number of rotatable bonds is 1. The van der Waals surface area contributed by atoms with E-state index in [2.05, 4.69) is 41.7 Å². The van der Waals surface area contributed by atoms with E-state index in [1.54, 1.807) is 10.5 Å². The average Bonchev–Trinajstić information content (AvgIpc) is 2.43. The fourth-order valence-corrected chi connectivity index (χ4v) is 3.01. The topological polar surface area (TPSA) is 40.9 Å². The van der Waals surface area contributed by atoms with Crippen LogP contribution in [0, 0.1) is 6.92 Å². The van der Waals surface area contributed by atoms with E-state index in [0.29, 0.717) is 17.7 Å². The summed E-state index contributed by atoms with van der Waals surface area (Å²) in [6.07, 6.45) is 1.91. The molecule has 1 fully saturated rings. The van der Waals surface area contributed by atoms with Crippen molar-refractivity contribution in [2.75, 3.05) is 25.0 Å². The van der Waals surface area contributed by atoms with Gasteiger partial charge in [0.15, 0.2) is 0 Å². The van der Waals surface area contributed by atoms with Crippen molar-refractivity contribution < 1.29 is 0 Å². The molecule has 0 aromatic carbocycles. The first-order valence-electron chi connectivity index (χ1n) is 7.42. The first kappa shape index (κ1) is 14.1. The minimum Gasteiger partial charge on any atom is -0.367 e. The van der Waals surface area contributed by atoms with Crippen LogP contribution in [0.25, 0.3) is 5.65 Å². The Morgan fingerprint density at radius 3 is 2.52 bits per heavy atom. The van der Waals surface area contributed by atoms with Crippen LogP contribution in [-0.4, -0.2) is 46.5 Å². The molecule has 0 spiro atoms. The smallest absolute Gasteiger partial charge is 0.258 e. The van der Waals surface area contributed by atoms with E-state index >= 15 is 0 Å². The van der Waals surface area contributed by atoms with Crippen LogP contribution in [0.1, 0.15) is 19.5 Å². The third-order valence-electron chi connectivity index (χ3n) is 4.50. The monoisotopic (exact) mass is 286 g/mol. The van der Waals surface area contributed by atoms with Crippen molar-refractivity contribution in [3.05, 3.63) is 40.4 Å². The molecule has 2 aromatic heterocycles. The lowest BCUT2D eigenvalue weighted by molar-refractivity contribution is 0.170. The number of anilines is 1. The molecule has 0 aliphatic carbocycles. The Balaban J connectivity index is 2.00. The van der Waals surface area contributed by atoms with Gasteiger partial charge in [-0.1, -0.05) is 0 Å². The molecule has 21 heavy (non-hydrogen) atoms. The van der Waals surface area contributed by atoms with Crippen molar-refractivity contribution in [1.29, 1.82) is 0 Å². The van der Waals surface area contributed by atoms with Crippen molar-refractivity contribution >= 4 is 11.3 Å². The van der Waals surface area contributed by atoms with Crippen molar-refractivity contribution in [2.45, 2.75) is 32.9 Å². The number of piperazine rings is 1. The maximum atomic E-state index is 12.1. The highest BCUT2D eigenvalue weighted by atomic mass is 16.1. The fourth-order valence-electron chi connectivity index (χ4n) is 3.01. The molecule has 5 nitrogen and oxygen atoms in total. The second-order valence-corrected chi connectivity index (χ2v) is 6.12. The van der Waals surface area contributed by atoms with E-state index in [1.165, 1.54) is 0 Å². The minimum absolute atomic E-state index is 0.0189. The third kappa shape index (κ3) is 2.53.